The van der Waals surface area contributed by atoms with Gasteiger partial charge in [0.25, 0.3) is 0 Å². The minimum absolute atomic E-state index is 0.385. The van der Waals surface area contributed by atoms with E-state index in [2.05, 4.69) is 25.5 Å². The SMILES string of the molecule is Cc1cc(Nc2ncnc3ccc(C=NN=C(N)N4CCOCC4)cc23)ccc1Oc1ccccc1. The van der Waals surface area contributed by atoms with Gasteiger partial charge in [-0.15, -0.1) is 5.10 Å². The molecule has 4 aromatic rings. The van der Waals surface area contributed by atoms with Crippen LogP contribution in [0.2, 0.25) is 0 Å². The first-order chi connectivity index (χ1) is 17.7. The van der Waals surface area contributed by atoms with Crippen molar-refractivity contribution in [3.63, 3.8) is 0 Å². The second-order valence-corrected chi connectivity index (χ2v) is 8.32. The number of guanidine groups is 1. The minimum Gasteiger partial charge on any atom is -0.457 e. The van der Waals surface area contributed by atoms with E-state index < -0.39 is 0 Å². The van der Waals surface area contributed by atoms with Crippen molar-refractivity contribution in [2.24, 2.45) is 15.9 Å². The molecular weight excluding hydrogens is 454 g/mol. The molecule has 0 aliphatic carbocycles. The van der Waals surface area contributed by atoms with Gasteiger partial charge >= 0.3 is 0 Å². The highest BCUT2D eigenvalue weighted by molar-refractivity contribution is 5.95. The van der Waals surface area contributed by atoms with Crippen LogP contribution in [0.3, 0.4) is 0 Å². The largest absolute Gasteiger partial charge is 0.457 e. The fraction of sp³-hybridized carbons (Fsp3) is 0.185. The summed E-state index contributed by atoms with van der Waals surface area (Å²) in [6.45, 7) is 4.72. The summed E-state index contributed by atoms with van der Waals surface area (Å²) in [5, 5.41) is 12.6. The smallest absolute Gasteiger partial charge is 0.216 e. The van der Waals surface area contributed by atoms with E-state index in [0.29, 0.717) is 38.1 Å². The van der Waals surface area contributed by atoms with Gasteiger partial charge in [0, 0.05) is 24.2 Å². The molecule has 0 spiro atoms. The normalized spacial score (nSPS) is 14.4. The maximum atomic E-state index is 6.05. The number of nitrogens with zero attached hydrogens (tertiary/aromatic N) is 5. The van der Waals surface area contributed by atoms with Gasteiger partial charge < -0.3 is 25.4 Å². The Hall–Kier alpha value is -4.50. The summed E-state index contributed by atoms with van der Waals surface area (Å²) in [6, 6.07) is 21.5. The number of fused-ring (bicyclic) bond motifs is 1. The molecule has 0 bridgehead atoms. The summed E-state index contributed by atoms with van der Waals surface area (Å²) in [4.78, 5) is 10.8. The lowest BCUT2D eigenvalue weighted by molar-refractivity contribution is 0.0674. The van der Waals surface area contributed by atoms with E-state index >= 15 is 0 Å². The van der Waals surface area contributed by atoms with Crippen LogP contribution in [0.15, 0.2) is 83.3 Å². The molecule has 182 valence electrons. The van der Waals surface area contributed by atoms with Crippen LogP contribution in [0.5, 0.6) is 11.5 Å². The maximum absolute atomic E-state index is 6.05. The monoisotopic (exact) mass is 481 g/mol. The van der Waals surface area contributed by atoms with Gasteiger partial charge in [-0.25, -0.2) is 9.97 Å². The number of anilines is 2. The van der Waals surface area contributed by atoms with Gasteiger partial charge in [0.05, 0.1) is 24.9 Å². The van der Waals surface area contributed by atoms with E-state index in [0.717, 1.165) is 39.2 Å². The van der Waals surface area contributed by atoms with E-state index in [1.807, 2.05) is 78.6 Å². The molecule has 0 unspecified atom stereocenters. The van der Waals surface area contributed by atoms with Gasteiger partial charge in [0.15, 0.2) is 0 Å². The Bertz CT molecular complexity index is 1400. The molecule has 3 N–H and O–H groups in total. The zero-order valence-electron chi connectivity index (χ0n) is 20.0. The Kier molecular flexibility index (Phi) is 7.00. The fourth-order valence-corrected chi connectivity index (χ4v) is 3.86. The molecule has 36 heavy (non-hydrogen) atoms. The van der Waals surface area contributed by atoms with Crippen LogP contribution in [0.1, 0.15) is 11.1 Å². The van der Waals surface area contributed by atoms with Crippen molar-refractivity contribution in [1.29, 1.82) is 0 Å². The van der Waals surface area contributed by atoms with Gasteiger partial charge in [0.2, 0.25) is 5.96 Å². The molecule has 0 amide bonds. The van der Waals surface area contributed by atoms with Crippen LogP contribution in [0.25, 0.3) is 10.9 Å². The average molecular weight is 482 g/mol. The van der Waals surface area contributed by atoms with E-state index in [1.165, 1.54) is 0 Å². The van der Waals surface area contributed by atoms with Crippen molar-refractivity contribution < 1.29 is 9.47 Å². The molecule has 1 aliphatic heterocycles. The molecule has 5 rings (SSSR count). The molecule has 9 nitrogen and oxygen atoms in total. The van der Waals surface area contributed by atoms with Crippen molar-refractivity contribution >= 4 is 34.6 Å². The topological polar surface area (TPSA) is 110 Å². The molecule has 2 heterocycles. The van der Waals surface area contributed by atoms with Crippen molar-refractivity contribution in [2.75, 3.05) is 31.6 Å². The number of rotatable bonds is 6. The number of aromatic nitrogens is 2. The Balaban J connectivity index is 1.33. The summed E-state index contributed by atoms with van der Waals surface area (Å²) in [5.74, 6) is 2.68. The van der Waals surface area contributed by atoms with Gasteiger partial charge in [-0.3, -0.25) is 0 Å². The second-order valence-electron chi connectivity index (χ2n) is 8.32. The quantitative estimate of drug-likeness (QED) is 0.238. The standard InChI is InChI=1S/C27H27N7O2/c1-19-15-21(8-10-25(19)36-22-5-3-2-4-6-22)32-26-23-16-20(7-9-24(23)29-18-30-26)17-31-33-27(28)34-11-13-35-14-12-34/h2-10,15-18H,11-14H2,1H3,(H2,28,33)(H,29,30,32). The maximum Gasteiger partial charge on any atom is 0.216 e. The number of para-hydroxylation sites is 1. The van der Waals surface area contributed by atoms with Crippen LogP contribution < -0.4 is 15.8 Å². The third kappa shape index (κ3) is 5.59. The highest BCUT2D eigenvalue weighted by Crippen LogP contribution is 2.29. The van der Waals surface area contributed by atoms with Crippen molar-refractivity contribution in [3.8, 4) is 11.5 Å². The van der Waals surface area contributed by atoms with Gasteiger partial charge in [-0.2, -0.15) is 5.10 Å². The summed E-state index contributed by atoms with van der Waals surface area (Å²) >= 11 is 0. The zero-order chi connectivity index (χ0) is 24.7. The van der Waals surface area contributed by atoms with Crippen molar-refractivity contribution in [2.45, 2.75) is 6.92 Å². The molecule has 1 aromatic heterocycles. The number of benzene rings is 3. The van der Waals surface area contributed by atoms with Gasteiger partial charge in [0.1, 0.15) is 23.6 Å². The number of nitrogens with one attached hydrogen (secondary N) is 1. The fourth-order valence-electron chi connectivity index (χ4n) is 3.86. The lowest BCUT2D eigenvalue weighted by Crippen LogP contribution is -2.44. The molecule has 1 fully saturated rings. The van der Waals surface area contributed by atoms with E-state index in [1.54, 1.807) is 12.5 Å². The second kappa shape index (κ2) is 10.8. The Morgan fingerprint density at radius 1 is 1.06 bits per heavy atom. The molecule has 0 atom stereocenters. The zero-order valence-corrected chi connectivity index (χ0v) is 20.0. The minimum atomic E-state index is 0.385. The molecule has 0 saturated carbocycles. The van der Waals surface area contributed by atoms with Crippen LogP contribution >= 0.6 is 0 Å². The lowest BCUT2D eigenvalue weighted by Gasteiger charge is -2.26. The highest BCUT2D eigenvalue weighted by atomic mass is 16.5. The average Bonchev–Trinajstić information content (AvgIpc) is 2.91. The number of morpholine rings is 1. The third-order valence-corrected chi connectivity index (χ3v) is 5.77. The number of hydrogen-bond donors (Lipinski definition) is 2. The molecule has 1 aliphatic rings. The first-order valence-corrected chi connectivity index (χ1v) is 11.7. The summed E-state index contributed by atoms with van der Waals surface area (Å²) in [7, 11) is 0. The number of ether oxygens (including phenoxy) is 2. The molecule has 1 saturated heterocycles. The predicted octanol–water partition coefficient (Wildman–Crippen LogP) is 4.45. The first-order valence-electron chi connectivity index (χ1n) is 11.7. The predicted molar refractivity (Wildman–Crippen MR) is 142 cm³/mol. The molecule has 0 radical (unpaired) electrons. The Morgan fingerprint density at radius 3 is 2.69 bits per heavy atom. The summed E-state index contributed by atoms with van der Waals surface area (Å²) < 4.78 is 11.3. The van der Waals surface area contributed by atoms with Crippen molar-refractivity contribution in [1.82, 2.24) is 14.9 Å². The van der Waals surface area contributed by atoms with Crippen LogP contribution in [-0.2, 0) is 4.74 Å². The van der Waals surface area contributed by atoms with Crippen LogP contribution in [0.4, 0.5) is 11.5 Å². The Labute approximate surface area is 209 Å². The van der Waals surface area contributed by atoms with Gasteiger partial charge in [-0.05, 0) is 60.5 Å². The summed E-state index contributed by atoms with van der Waals surface area (Å²) in [5.41, 5.74) is 9.63. The Morgan fingerprint density at radius 2 is 1.89 bits per heavy atom. The van der Waals surface area contributed by atoms with E-state index in [-0.39, 0.29) is 0 Å². The van der Waals surface area contributed by atoms with E-state index in [4.69, 9.17) is 15.2 Å². The molecule has 9 heteroatoms. The number of aryl methyl sites for hydroxylation is 1. The first kappa shape index (κ1) is 23.3. The highest BCUT2D eigenvalue weighted by Gasteiger charge is 2.12. The van der Waals surface area contributed by atoms with Crippen molar-refractivity contribution in [3.05, 3.63) is 84.2 Å². The van der Waals surface area contributed by atoms with E-state index in [9.17, 15) is 0 Å². The van der Waals surface area contributed by atoms with Crippen LogP contribution in [0, 0.1) is 6.92 Å². The third-order valence-electron chi connectivity index (χ3n) is 5.77. The molecular formula is C27H27N7O2. The number of nitrogens with two attached hydrogens (primary N) is 1. The number of hydrogen-bond acceptors (Lipinski definition) is 7. The van der Waals surface area contributed by atoms with Crippen LogP contribution in [-0.4, -0.2) is 53.3 Å². The summed E-state index contributed by atoms with van der Waals surface area (Å²) in [6.07, 6.45) is 3.22. The molecule has 3 aromatic carbocycles. The lowest BCUT2D eigenvalue weighted by atomic mass is 10.1. The van der Waals surface area contributed by atoms with Gasteiger partial charge in [-0.1, -0.05) is 24.3 Å².